The van der Waals surface area contributed by atoms with Crippen LogP contribution in [-0.2, 0) is 4.74 Å². The van der Waals surface area contributed by atoms with Crippen LogP contribution in [0.4, 0.5) is 5.69 Å². The molecule has 154 valence electrons. The number of ether oxygens (including phenoxy) is 2. The molecule has 0 atom stereocenters. The van der Waals surface area contributed by atoms with Gasteiger partial charge in [-0.1, -0.05) is 54.6 Å². The Morgan fingerprint density at radius 2 is 1.53 bits per heavy atom. The van der Waals surface area contributed by atoms with E-state index in [1.165, 1.54) is 0 Å². The first-order valence-corrected chi connectivity index (χ1v) is 10.2. The third-order valence-corrected chi connectivity index (χ3v) is 4.51. The van der Waals surface area contributed by atoms with Gasteiger partial charge in [-0.15, -0.1) is 0 Å². The molecule has 0 aromatic heterocycles. The standard InChI is InChI=1S/C24H24N2O3S/c1-2-28-16-17-29-22-11-7-6-10-21(22)25-24(30)26-23(27)20-14-12-19(13-15-20)18-8-4-3-5-9-18/h3-15H,2,16-17H2,1H3,(H2,25,26,27,30). The molecule has 5 nitrogen and oxygen atoms in total. The van der Waals surface area contributed by atoms with E-state index in [0.717, 1.165) is 11.1 Å². The van der Waals surface area contributed by atoms with Gasteiger partial charge in [-0.2, -0.15) is 0 Å². The summed E-state index contributed by atoms with van der Waals surface area (Å²) in [6.07, 6.45) is 0. The zero-order valence-corrected chi connectivity index (χ0v) is 17.6. The van der Waals surface area contributed by atoms with Crippen molar-refractivity contribution in [2.75, 3.05) is 25.1 Å². The Kier molecular flexibility index (Phi) is 7.94. The molecular formula is C24H24N2O3S. The minimum Gasteiger partial charge on any atom is -0.489 e. The number of hydrogen-bond acceptors (Lipinski definition) is 4. The maximum atomic E-state index is 12.5. The van der Waals surface area contributed by atoms with Gasteiger partial charge in [0.25, 0.3) is 5.91 Å². The zero-order chi connectivity index (χ0) is 21.2. The lowest BCUT2D eigenvalue weighted by Crippen LogP contribution is -2.34. The van der Waals surface area contributed by atoms with E-state index in [9.17, 15) is 4.79 Å². The van der Waals surface area contributed by atoms with Crippen molar-refractivity contribution in [3.05, 3.63) is 84.4 Å². The first-order valence-electron chi connectivity index (χ1n) is 9.74. The first-order chi connectivity index (χ1) is 14.7. The van der Waals surface area contributed by atoms with Crippen LogP contribution < -0.4 is 15.4 Å². The number of para-hydroxylation sites is 2. The number of thiocarbonyl (C=S) groups is 1. The number of carbonyl (C=O) groups is 1. The van der Waals surface area contributed by atoms with Gasteiger partial charge < -0.3 is 14.8 Å². The number of nitrogens with one attached hydrogen (secondary N) is 2. The molecule has 0 aliphatic heterocycles. The molecule has 0 heterocycles. The highest BCUT2D eigenvalue weighted by Crippen LogP contribution is 2.23. The van der Waals surface area contributed by atoms with Crippen molar-refractivity contribution in [3.8, 4) is 16.9 Å². The van der Waals surface area contributed by atoms with Gasteiger partial charge in [-0.25, -0.2) is 0 Å². The summed E-state index contributed by atoms with van der Waals surface area (Å²) in [5.41, 5.74) is 3.35. The molecule has 3 rings (SSSR count). The van der Waals surface area contributed by atoms with Crippen molar-refractivity contribution < 1.29 is 14.3 Å². The summed E-state index contributed by atoms with van der Waals surface area (Å²) in [4.78, 5) is 12.5. The summed E-state index contributed by atoms with van der Waals surface area (Å²) < 4.78 is 11.0. The quantitative estimate of drug-likeness (QED) is 0.401. The number of amides is 1. The van der Waals surface area contributed by atoms with E-state index in [4.69, 9.17) is 21.7 Å². The Hall–Kier alpha value is -3.22. The van der Waals surface area contributed by atoms with Gasteiger partial charge in [-0.3, -0.25) is 10.1 Å². The van der Waals surface area contributed by atoms with Crippen LogP contribution in [0.1, 0.15) is 17.3 Å². The van der Waals surface area contributed by atoms with E-state index in [-0.39, 0.29) is 11.0 Å². The second kappa shape index (κ2) is 11.1. The highest BCUT2D eigenvalue weighted by Gasteiger charge is 2.10. The minimum atomic E-state index is -0.276. The molecule has 6 heteroatoms. The van der Waals surface area contributed by atoms with Crippen molar-refractivity contribution in [1.82, 2.24) is 5.32 Å². The second-order valence-corrected chi connectivity index (χ2v) is 6.80. The monoisotopic (exact) mass is 420 g/mol. The van der Waals surface area contributed by atoms with Crippen LogP contribution in [0.2, 0.25) is 0 Å². The van der Waals surface area contributed by atoms with E-state index in [1.807, 2.05) is 73.7 Å². The van der Waals surface area contributed by atoms with Crippen LogP contribution >= 0.6 is 12.2 Å². The van der Waals surface area contributed by atoms with Crippen molar-refractivity contribution in [3.63, 3.8) is 0 Å². The lowest BCUT2D eigenvalue weighted by molar-refractivity contribution is 0.0977. The van der Waals surface area contributed by atoms with Crippen molar-refractivity contribution >= 4 is 28.9 Å². The number of benzene rings is 3. The van der Waals surface area contributed by atoms with Crippen LogP contribution in [-0.4, -0.2) is 30.8 Å². The fourth-order valence-corrected chi connectivity index (χ4v) is 3.03. The van der Waals surface area contributed by atoms with Crippen LogP contribution in [0.15, 0.2) is 78.9 Å². The number of anilines is 1. The third kappa shape index (κ3) is 6.14. The van der Waals surface area contributed by atoms with Gasteiger partial charge in [0.15, 0.2) is 5.11 Å². The van der Waals surface area contributed by atoms with E-state index in [0.29, 0.717) is 36.8 Å². The first kappa shape index (κ1) is 21.5. The summed E-state index contributed by atoms with van der Waals surface area (Å²) >= 11 is 5.31. The average molecular weight is 421 g/mol. The molecule has 0 aliphatic rings. The number of rotatable bonds is 8. The highest BCUT2D eigenvalue weighted by molar-refractivity contribution is 7.80. The maximum Gasteiger partial charge on any atom is 0.257 e. The molecule has 0 aliphatic carbocycles. The Morgan fingerprint density at radius 1 is 0.867 bits per heavy atom. The Morgan fingerprint density at radius 3 is 2.27 bits per heavy atom. The maximum absolute atomic E-state index is 12.5. The Bertz CT molecular complexity index is 975. The summed E-state index contributed by atoms with van der Waals surface area (Å²) in [6.45, 7) is 3.52. The molecule has 3 aromatic carbocycles. The van der Waals surface area contributed by atoms with Gasteiger partial charge in [0.1, 0.15) is 12.4 Å². The smallest absolute Gasteiger partial charge is 0.257 e. The molecule has 0 bridgehead atoms. The van der Waals surface area contributed by atoms with Gasteiger partial charge in [0.05, 0.1) is 12.3 Å². The summed E-state index contributed by atoms with van der Waals surface area (Å²) in [5.74, 6) is 0.364. The normalized spacial score (nSPS) is 10.3. The average Bonchev–Trinajstić information content (AvgIpc) is 2.78. The van der Waals surface area contributed by atoms with E-state index >= 15 is 0 Å². The Labute approximate surface area is 182 Å². The molecule has 1 amide bonds. The molecular weight excluding hydrogens is 396 g/mol. The summed E-state index contributed by atoms with van der Waals surface area (Å²) in [7, 11) is 0. The van der Waals surface area contributed by atoms with Crippen LogP contribution in [0, 0.1) is 0 Å². The predicted octanol–water partition coefficient (Wildman–Crippen LogP) is 4.90. The topological polar surface area (TPSA) is 59.6 Å². The van der Waals surface area contributed by atoms with Crippen molar-refractivity contribution in [2.45, 2.75) is 6.92 Å². The minimum absolute atomic E-state index is 0.202. The fourth-order valence-electron chi connectivity index (χ4n) is 2.82. The SMILES string of the molecule is CCOCCOc1ccccc1NC(=S)NC(=O)c1ccc(-c2ccccc2)cc1. The lowest BCUT2D eigenvalue weighted by Gasteiger charge is -2.14. The van der Waals surface area contributed by atoms with Crippen LogP contribution in [0.3, 0.4) is 0 Å². The van der Waals surface area contributed by atoms with Crippen LogP contribution in [0.25, 0.3) is 11.1 Å². The van der Waals surface area contributed by atoms with Crippen molar-refractivity contribution in [1.29, 1.82) is 0 Å². The molecule has 30 heavy (non-hydrogen) atoms. The third-order valence-electron chi connectivity index (χ3n) is 4.31. The molecule has 0 radical (unpaired) electrons. The fraction of sp³-hybridized carbons (Fsp3) is 0.167. The lowest BCUT2D eigenvalue weighted by atomic mass is 10.0. The van der Waals surface area contributed by atoms with Gasteiger partial charge in [-0.05, 0) is 54.5 Å². The van der Waals surface area contributed by atoms with Gasteiger partial charge in [0, 0.05) is 12.2 Å². The molecule has 2 N–H and O–H groups in total. The van der Waals surface area contributed by atoms with Gasteiger partial charge in [0.2, 0.25) is 0 Å². The van der Waals surface area contributed by atoms with E-state index in [2.05, 4.69) is 10.6 Å². The van der Waals surface area contributed by atoms with E-state index < -0.39 is 0 Å². The predicted molar refractivity (Wildman–Crippen MR) is 124 cm³/mol. The molecule has 0 unspecified atom stereocenters. The molecule has 0 saturated carbocycles. The molecule has 0 saturated heterocycles. The van der Waals surface area contributed by atoms with Crippen LogP contribution in [0.5, 0.6) is 5.75 Å². The molecule has 0 fully saturated rings. The molecule has 0 spiro atoms. The second-order valence-electron chi connectivity index (χ2n) is 6.39. The number of hydrogen-bond donors (Lipinski definition) is 2. The van der Waals surface area contributed by atoms with Gasteiger partial charge >= 0.3 is 0 Å². The summed E-state index contributed by atoms with van der Waals surface area (Å²) in [5, 5.41) is 5.93. The molecule has 3 aromatic rings. The highest BCUT2D eigenvalue weighted by atomic mass is 32.1. The largest absolute Gasteiger partial charge is 0.489 e. The summed E-state index contributed by atoms with van der Waals surface area (Å²) in [6, 6.07) is 24.8. The number of carbonyl (C=O) groups excluding carboxylic acids is 1. The van der Waals surface area contributed by atoms with Crippen molar-refractivity contribution in [2.24, 2.45) is 0 Å². The van der Waals surface area contributed by atoms with E-state index in [1.54, 1.807) is 12.1 Å². The zero-order valence-electron chi connectivity index (χ0n) is 16.8. The Balaban J connectivity index is 1.58.